The zero-order valence-corrected chi connectivity index (χ0v) is 24.1. The maximum atomic E-state index is 13.5. The normalized spacial score (nSPS) is 17.5. The number of carbonyl (C=O) groups is 1. The third-order valence-corrected chi connectivity index (χ3v) is 12.6. The number of carbonyl (C=O) groups excluding carboxylic acids is 1. The fraction of sp³-hybridized carbons (Fsp3) is 0.381. The predicted octanol–water partition coefficient (Wildman–Crippen LogP) is 1.89. The number of thioether (sulfide) groups is 1. The van der Waals surface area contributed by atoms with Gasteiger partial charge in [-0.2, -0.15) is 8.61 Å². The summed E-state index contributed by atoms with van der Waals surface area (Å²) >= 11 is 8.32. The second-order valence-corrected chi connectivity index (χ2v) is 15.1. The third kappa shape index (κ3) is 6.39. The Morgan fingerprint density at radius 2 is 1.92 bits per heavy atom. The van der Waals surface area contributed by atoms with E-state index in [1.165, 1.54) is 23.3 Å². The smallest absolute Gasteiger partial charge is 0.263 e. The Bertz CT molecular complexity index is 1490. The molecule has 0 saturated carbocycles. The lowest BCUT2D eigenvalue weighted by atomic mass is 10.2. The number of sulfonamides is 2. The van der Waals surface area contributed by atoms with E-state index < -0.39 is 38.5 Å². The van der Waals surface area contributed by atoms with E-state index in [2.05, 4.69) is 10.2 Å². The Morgan fingerprint density at radius 3 is 2.58 bits per heavy atom. The molecule has 4 rings (SSSR count). The van der Waals surface area contributed by atoms with Gasteiger partial charge in [-0.25, -0.2) is 22.3 Å². The molecule has 2 aromatic heterocycles. The van der Waals surface area contributed by atoms with Gasteiger partial charge in [-0.3, -0.25) is 10.0 Å². The van der Waals surface area contributed by atoms with Gasteiger partial charge in [0, 0.05) is 42.3 Å². The monoisotopic (exact) mass is 620 g/mol. The van der Waals surface area contributed by atoms with Gasteiger partial charge in [0.2, 0.25) is 10.0 Å². The number of piperazine rings is 1. The van der Waals surface area contributed by atoms with E-state index in [4.69, 9.17) is 11.6 Å². The van der Waals surface area contributed by atoms with Crippen LogP contribution in [0.4, 0.5) is 0 Å². The van der Waals surface area contributed by atoms with E-state index in [0.717, 1.165) is 25.5 Å². The standard InChI is InChI=1S/C21H25ClN6O6S4/c1-26-14-23-24-21(26)35-11-2-12-37(31,32)27-9-10-28(17(13-27)20(29)25-30)38(33,34)19-8-7-18(36-19)15-3-5-16(22)6-4-15/h3-8,14,17,30H,2,9-13H2,1H3,(H,25,29)/t17-/m1/s1. The molecule has 1 aromatic carbocycles. The van der Waals surface area contributed by atoms with Gasteiger partial charge >= 0.3 is 0 Å². The van der Waals surface area contributed by atoms with Gasteiger partial charge in [-0.1, -0.05) is 35.5 Å². The molecule has 0 spiro atoms. The summed E-state index contributed by atoms with van der Waals surface area (Å²) in [5.74, 6) is -0.719. The summed E-state index contributed by atoms with van der Waals surface area (Å²) in [4.78, 5) is 13.2. The molecule has 1 aliphatic rings. The number of hydrogen-bond acceptors (Lipinski definition) is 10. The number of aromatic nitrogens is 3. The quantitative estimate of drug-likeness (QED) is 0.150. The zero-order valence-electron chi connectivity index (χ0n) is 20.1. The molecule has 38 heavy (non-hydrogen) atoms. The van der Waals surface area contributed by atoms with Gasteiger partial charge < -0.3 is 4.57 Å². The average Bonchev–Trinajstić information content (AvgIpc) is 3.56. The second-order valence-electron chi connectivity index (χ2n) is 8.33. The molecule has 1 aliphatic heterocycles. The Kier molecular flexibility index (Phi) is 9.14. The van der Waals surface area contributed by atoms with Crippen LogP contribution in [-0.2, 0) is 31.9 Å². The van der Waals surface area contributed by atoms with Crippen LogP contribution < -0.4 is 5.48 Å². The van der Waals surface area contributed by atoms with Crippen molar-refractivity contribution < 1.29 is 26.8 Å². The Balaban J connectivity index is 1.46. The molecule has 17 heteroatoms. The first-order chi connectivity index (χ1) is 18.0. The maximum Gasteiger partial charge on any atom is 0.263 e. The Morgan fingerprint density at radius 1 is 1.18 bits per heavy atom. The largest absolute Gasteiger partial charge is 0.312 e. The molecule has 3 aromatic rings. The number of aryl methyl sites for hydroxylation is 1. The predicted molar refractivity (Wildman–Crippen MR) is 144 cm³/mol. The lowest BCUT2D eigenvalue weighted by molar-refractivity contribution is -0.134. The number of halogens is 1. The first kappa shape index (κ1) is 28.9. The SMILES string of the molecule is Cn1cnnc1SCCCS(=O)(=O)N1CCN(S(=O)(=O)c2ccc(-c3ccc(Cl)cc3)s2)[C@@H](C(=O)NO)C1. The molecular formula is C21H25ClN6O6S4. The minimum absolute atomic E-state index is 0.00436. The fourth-order valence-corrected chi connectivity index (χ4v) is 9.49. The van der Waals surface area contributed by atoms with Crippen LogP contribution in [0.3, 0.4) is 0 Å². The molecule has 3 heterocycles. The summed E-state index contributed by atoms with van der Waals surface area (Å²) in [6, 6.07) is 8.57. The van der Waals surface area contributed by atoms with Crippen molar-refractivity contribution in [1.82, 2.24) is 28.9 Å². The van der Waals surface area contributed by atoms with E-state index in [1.807, 2.05) is 0 Å². The molecule has 1 saturated heterocycles. The van der Waals surface area contributed by atoms with Crippen LogP contribution >= 0.6 is 34.7 Å². The highest BCUT2D eigenvalue weighted by Crippen LogP contribution is 2.34. The summed E-state index contributed by atoms with van der Waals surface area (Å²) in [6.07, 6.45) is 1.87. The first-order valence-corrected chi connectivity index (χ1v) is 16.5. The van der Waals surface area contributed by atoms with Crippen LogP contribution in [0.25, 0.3) is 10.4 Å². The second kappa shape index (κ2) is 12.0. The van der Waals surface area contributed by atoms with Crippen LogP contribution in [0, 0.1) is 0 Å². The van der Waals surface area contributed by atoms with E-state index in [1.54, 1.807) is 48.3 Å². The zero-order chi connectivity index (χ0) is 27.5. The summed E-state index contributed by atoms with van der Waals surface area (Å²) in [5.41, 5.74) is 2.25. The summed E-state index contributed by atoms with van der Waals surface area (Å²) in [5, 5.41) is 18.2. The molecule has 0 radical (unpaired) electrons. The van der Waals surface area contributed by atoms with Crippen molar-refractivity contribution in [3.8, 4) is 10.4 Å². The van der Waals surface area contributed by atoms with Gasteiger partial charge in [0.15, 0.2) is 5.16 Å². The number of thiophene rings is 1. The van der Waals surface area contributed by atoms with Crippen LogP contribution in [0.1, 0.15) is 6.42 Å². The summed E-state index contributed by atoms with van der Waals surface area (Å²) in [6.45, 7) is -0.788. The maximum absolute atomic E-state index is 13.5. The van der Waals surface area contributed by atoms with Crippen LogP contribution in [0.2, 0.25) is 5.02 Å². The summed E-state index contributed by atoms with van der Waals surface area (Å²) in [7, 11) is -6.17. The average molecular weight is 621 g/mol. The Hall–Kier alpha value is -2.05. The lowest BCUT2D eigenvalue weighted by Gasteiger charge is -2.38. The molecule has 12 nitrogen and oxygen atoms in total. The number of benzene rings is 1. The van der Waals surface area contributed by atoms with Crippen molar-refractivity contribution in [1.29, 1.82) is 0 Å². The minimum atomic E-state index is -4.17. The lowest BCUT2D eigenvalue weighted by Crippen LogP contribution is -2.61. The van der Waals surface area contributed by atoms with Gasteiger partial charge in [-0.15, -0.1) is 21.5 Å². The number of rotatable bonds is 10. The third-order valence-electron chi connectivity index (χ3n) is 5.82. The van der Waals surface area contributed by atoms with E-state index in [-0.39, 0.29) is 23.1 Å². The van der Waals surface area contributed by atoms with E-state index >= 15 is 0 Å². The van der Waals surface area contributed by atoms with Crippen molar-refractivity contribution in [2.24, 2.45) is 7.05 Å². The highest BCUT2D eigenvalue weighted by Gasteiger charge is 2.43. The van der Waals surface area contributed by atoms with Crippen molar-refractivity contribution in [2.45, 2.75) is 21.8 Å². The number of nitrogens with one attached hydrogen (secondary N) is 1. The van der Waals surface area contributed by atoms with Crippen LogP contribution in [0.5, 0.6) is 0 Å². The number of hydrogen-bond donors (Lipinski definition) is 2. The van der Waals surface area contributed by atoms with E-state index in [9.17, 15) is 26.8 Å². The number of hydroxylamine groups is 1. The number of amides is 1. The van der Waals surface area contributed by atoms with Crippen LogP contribution in [0.15, 0.2) is 52.1 Å². The van der Waals surface area contributed by atoms with Crippen LogP contribution in [-0.4, -0.2) is 88.5 Å². The van der Waals surface area contributed by atoms with Gasteiger partial charge in [0.05, 0.1) is 5.75 Å². The molecule has 1 atom stereocenters. The highest BCUT2D eigenvalue weighted by molar-refractivity contribution is 7.99. The molecule has 0 aliphatic carbocycles. The molecule has 1 amide bonds. The van der Waals surface area contributed by atoms with Gasteiger partial charge in [0.1, 0.15) is 16.6 Å². The first-order valence-electron chi connectivity index (χ1n) is 11.3. The molecule has 2 N–H and O–H groups in total. The molecule has 0 unspecified atom stereocenters. The minimum Gasteiger partial charge on any atom is -0.312 e. The topological polar surface area (TPSA) is 155 Å². The molecule has 1 fully saturated rings. The van der Waals surface area contributed by atoms with Crippen molar-refractivity contribution >= 4 is 60.7 Å². The fourth-order valence-electron chi connectivity index (χ4n) is 3.85. The Labute approximate surface area is 233 Å². The van der Waals surface area contributed by atoms with Crippen molar-refractivity contribution in [2.75, 3.05) is 31.1 Å². The molecule has 206 valence electrons. The van der Waals surface area contributed by atoms with Gasteiger partial charge in [0.25, 0.3) is 15.9 Å². The molecule has 0 bridgehead atoms. The van der Waals surface area contributed by atoms with Crippen molar-refractivity contribution in [3.05, 3.63) is 47.7 Å². The summed E-state index contributed by atoms with van der Waals surface area (Å²) < 4.78 is 56.7. The van der Waals surface area contributed by atoms with E-state index in [0.29, 0.717) is 27.2 Å². The van der Waals surface area contributed by atoms with Gasteiger partial charge in [-0.05, 0) is 36.2 Å². The molecular weight excluding hydrogens is 596 g/mol. The highest BCUT2D eigenvalue weighted by atomic mass is 35.5. The van der Waals surface area contributed by atoms with Crippen molar-refractivity contribution in [3.63, 3.8) is 0 Å². The number of nitrogens with zero attached hydrogens (tertiary/aromatic N) is 5.